The monoisotopic (exact) mass is 1270 g/mol. The highest BCUT2D eigenvalue weighted by Crippen LogP contribution is 2.44. The average Bonchev–Trinajstić information content (AvgIpc) is 0.748. The van der Waals surface area contributed by atoms with Crippen LogP contribution in [0.4, 0.5) is 0 Å². The van der Waals surface area contributed by atoms with Gasteiger partial charge < -0.3 is 0 Å². The summed E-state index contributed by atoms with van der Waals surface area (Å²) >= 11 is 0. The van der Waals surface area contributed by atoms with Crippen LogP contribution < -0.4 is 0 Å². The van der Waals surface area contributed by atoms with Crippen molar-refractivity contribution in [3.05, 3.63) is 376 Å². The summed E-state index contributed by atoms with van der Waals surface area (Å²) in [6.45, 7) is 0. The Bertz CT molecular complexity index is 5460. The first-order valence-electron chi connectivity index (χ1n) is 33.7. The molecule has 0 spiro atoms. The van der Waals surface area contributed by atoms with Crippen LogP contribution in [0.3, 0.4) is 0 Å². The van der Waals surface area contributed by atoms with Crippen molar-refractivity contribution >= 4 is 43.4 Å². The second-order valence-corrected chi connectivity index (χ2v) is 24.9. The Balaban J connectivity index is 0.000000150. The fraction of sp³-hybridized carbons (Fsp3) is 0. The van der Waals surface area contributed by atoms with Crippen LogP contribution in [0, 0.1) is 0 Å². The van der Waals surface area contributed by atoms with Gasteiger partial charge in [-0.2, -0.15) is 0 Å². The van der Waals surface area contributed by atoms with Gasteiger partial charge in [0, 0.05) is 60.5 Å². The van der Waals surface area contributed by atoms with Crippen molar-refractivity contribution in [1.82, 2.24) is 29.9 Å². The average molecular weight is 1280 g/mol. The number of hydrogen-bond acceptors (Lipinski definition) is 6. The quantitative estimate of drug-likeness (QED) is 0.113. The molecule has 0 saturated heterocycles. The lowest BCUT2D eigenvalue weighted by Gasteiger charge is -2.16. The van der Waals surface area contributed by atoms with Crippen LogP contribution in [0.25, 0.3) is 178 Å². The number of fused-ring (bicyclic) bond motifs is 6. The molecule has 4 heterocycles. The standard InChI is InChI=1S/C48H32N2.C46H30N4/c1-5-15-34(16-6-1)43-32-47(38-21-11-4-12-22-38)50-48-41-24-14-13-23-40(41)42(31-44(43)48)35-27-25-33(26-28-35)39-29-45(36-17-7-2-8-18-36)49-46(30-39)37-19-9-3-10-20-37;1-5-15-31(16-6-1)40-30-42(33-17-7-2-8-18-33)47-43-38-24-14-13-23-37(38)39(29-41(40)43)32-25-27-36(28-26-32)46-49-44(34-19-9-3-10-20-34)48-45(50-46)35-21-11-4-12-22-35/h1-32H;1-30H. The van der Waals surface area contributed by atoms with E-state index in [1.807, 2.05) is 78.9 Å². The van der Waals surface area contributed by atoms with Crippen molar-refractivity contribution in [2.75, 3.05) is 0 Å². The van der Waals surface area contributed by atoms with Gasteiger partial charge in [-0.3, -0.25) is 0 Å². The van der Waals surface area contributed by atoms with Crippen molar-refractivity contribution in [3.63, 3.8) is 0 Å². The van der Waals surface area contributed by atoms with Crippen molar-refractivity contribution in [2.45, 2.75) is 0 Å². The molecule has 100 heavy (non-hydrogen) atoms. The van der Waals surface area contributed by atoms with Crippen LogP contribution in [0.2, 0.25) is 0 Å². The minimum Gasteiger partial charge on any atom is -0.248 e. The van der Waals surface area contributed by atoms with E-state index in [0.717, 1.165) is 133 Å². The number of hydrogen-bond donors (Lipinski definition) is 0. The lowest BCUT2D eigenvalue weighted by Crippen LogP contribution is -2.00. The summed E-state index contributed by atoms with van der Waals surface area (Å²) < 4.78 is 0. The fourth-order valence-electron chi connectivity index (χ4n) is 13.6. The smallest absolute Gasteiger partial charge is 0.164 e. The van der Waals surface area contributed by atoms with E-state index >= 15 is 0 Å². The van der Waals surface area contributed by atoms with Crippen molar-refractivity contribution in [2.24, 2.45) is 0 Å². The third kappa shape index (κ3) is 12.1. The van der Waals surface area contributed by atoms with Gasteiger partial charge in [0.2, 0.25) is 0 Å². The maximum absolute atomic E-state index is 5.31. The zero-order chi connectivity index (χ0) is 66.6. The summed E-state index contributed by atoms with van der Waals surface area (Å²) in [5.74, 6) is 1.93. The minimum atomic E-state index is 0.636. The molecule has 0 atom stereocenters. The molecular weight excluding hydrogens is 1210 g/mol. The molecule has 6 heteroatoms. The Morgan fingerprint density at radius 3 is 0.690 bits per heavy atom. The first-order valence-corrected chi connectivity index (χ1v) is 33.7. The van der Waals surface area contributed by atoms with Crippen LogP contribution >= 0.6 is 0 Å². The van der Waals surface area contributed by atoms with Crippen LogP contribution in [0.1, 0.15) is 0 Å². The summed E-state index contributed by atoms with van der Waals surface area (Å²) in [5, 5.41) is 6.87. The summed E-state index contributed by atoms with van der Waals surface area (Å²) in [5.41, 5.74) is 24.7. The van der Waals surface area contributed by atoms with Gasteiger partial charge in [-0.25, -0.2) is 29.9 Å². The van der Waals surface area contributed by atoms with E-state index in [9.17, 15) is 0 Å². The van der Waals surface area contributed by atoms with E-state index in [-0.39, 0.29) is 0 Å². The maximum atomic E-state index is 5.31. The SMILES string of the molecule is c1ccc(-c2cc(-c3ccc(-c4cc5c(-c6ccccc6)cc(-c6ccccc6)nc5c5ccccc45)cc3)cc(-c3ccccc3)n2)cc1.c1ccc(-c2cc(-c3ccccc3)c3cc(-c4ccc(-c5nc(-c6ccccc6)nc(-c6ccccc6)n5)cc4)c4ccccc4c3n2)cc1. The molecule has 6 nitrogen and oxygen atoms in total. The summed E-state index contributed by atoms with van der Waals surface area (Å²) in [4.78, 5) is 30.4. The Hall–Kier alpha value is -13.4. The van der Waals surface area contributed by atoms with Gasteiger partial charge in [0.05, 0.1) is 33.8 Å². The Morgan fingerprint density at radius 1 is 0.130 bits per heavy atom. The van der Waals surface area contributed by atoms with Gasteiger partial charge in [-0.05, 0) is 103 Å². The lowest BCUT2D eigenvalue weighted by molar-refractivity contribution is 1.07. The topological polar surface area (TPSA) is 77.3 Å². The molecule has 14 aromatic carbocycles. The third-order valence-corrected chi connectivity index (χ3v) is 18.6. The number of benzene rings is 14. The molecule has 0 aliphatic carbocycles. The molecule has 18 rings (SSSR count). The predicted molar refractivity (Wildman–Crippen MR) is 415 cm³/mol. The molecule has 18 aromatic rings. The van der Waals surface area contributed by atoms with E-state index in [0.29, 0.717) is 17.5 Å². The molecule has 0 radical (unpaired) electrons. The number of rotatable bonds is 12. The van der Waals surface area contributed by atoms with Gasteiger partial charge in [0.1, 0.15) is 0 Å². The molecular formula is C94H62N6. The summed E-state index contributed by atoms with van der Waals surface area (Å²) in [6.07, 6.45) is 0. The molecule has 0 bridgehead atoms. The highest BCUT2D eigenvalue weighted by atomic mass is 15.0. The number of pyridine rings is 3. The van der Waals surface area contributed by atoms with E-state index in [1.54, 1.807) is 0 Å². The van der Waals surface area contributed by atoms with E-state index in [2.05, 4.69) is 297 Å². The predicted octanol–water partition coefficient (Wildman–Crippen LogP) is 24.4. The molecule has 0 amide bonds. The highest BCUT2D eigenvalue weighted by Gasteiger charge is 2.20. The molecule has 0 aliphatic heterocycles. The van der Waals surface area contributed by atoms with Crippen molar-refractivity contribution in [3.8, 4) is 135 Å². The van der Waals surface area contributed by atoms with Crippen LogP contribution in [0.15, 0.2) is 376 Å². The molecule has 468 valence electrons. The molecule has 0 aliphatic rings. The van der Waals surface area contributed by atoms with Crippen molar-refractivity contribution < 1.29 is 0 Å². The summed E-state index contributed by atoms with van der Waals surface area (Å²) in [6, 6.07) is 131. The van der Waals surface area contributed by atoms with Crippen LogP contribution in [-0.4, -0.2) is 29.9 Å². The first-order chi connectivity index (χ1) is 49.6. The molecule has 0 N–H and O–H groups in total. The van der Waals surface area contributed by atoms with Gasteiger partial charge in [-0.15, -0.1) is 0 Å². The molecule has 0 unspecified atom stereocenters. The normalized spacial score (nSPS) is 11.2. The van der Waals surface area contributed by atoms with Crippen LogP contribution in [-0.2, 0) is 0 Å². The van der Waals surface area contributed by atoms with Crippen molar-refractivity contribution in [1.29, 1.82) is 0 Å². The molecule has 0 fully saturated rings. The second-order valence-electron chi connectivity index (χ2n) is 24.9. The Morgan fingerprint density at radius 2 is 0.360 bits per heavy atom. The van der Waals surface area contributed by atoms with Gasteiger partial charge in [0.25, 0.3) is 0 Å². The van der Waals surface area contributed by atoms with Gasteiger partial charge >= 0.3 is 0 Å². The zero-order valence-electron chi connectivity index (χ0n) is 54.5. The van der Waals surface area contributed by atoms with Crippen LogP contribution in [0.5, 0.6) is 0 Å². The van der Waals surface area contributed by atoms with E-state index < -0.39 is 0 Å². The number of nitrogens with zero attached hydrogens (tertiary/aromatic N) is 6. The second kappa shape index (κ2) is 27.0. The maximum Gasteiger partial charge on any atom is 0.164 e. The largest absolute Gasteiger partial charge is 0.248 e. The minimum absolute atomic E-state index is 0.636. The number of aromatic nitrogens is 6. The zero-order valence-corrected chi connectivity index (χ0v) is 54.5. The first kappa shape index (κ1) is 60.3. The van der Waals surface area contributed by atoms with Gasteiger partial charge in [-0.1, -0.05) is 340 Å². The van der Waals surface area contributed by atoms with E-state index in [1.165, 1.54) is 27.6 Å². The fourth-order valence-corrected chi connectivity index (χ4v) is 13.6. The third-order valence-electron chi connectivity index (χ3n) is 18.6. The molecule has 4 aromatic heterocycles. The summed E-state index contributed by atoms with van der Waals surface area (Å²) in [7, 11) is 0. The Labute approximate surface area is 580 Å². The molecule has 0 saturated carbocycles. The Kier molecular flexibility index (Phi) is 16.3. The van der Waals surface area contributed by atoms with E-state index in [4.69, 9.17) is 29.9 Å². The lowest BCUT2D eigenvalue weighted by atomic mass is 9.90. The highest BCUT2D eigenvalue weighted by molar-refractivity contribution is 6.18. The van der Waals surface area contributed by atoms with Gasteiger partial charge in [0.15, 0.2) is 17.5 Å².